The molecule has 0 amide bonds. The highest BCUT2D eigenvalue weighted by molar-refractivity contribution is 5.44. The Morgan fingerprint density at radius 3 is 2.56 bits per heavy atom. The molecule has 92 valence electrons. The summed E-state index contributed by atoms with van der Waals surface area (Å²) in [6.07, 6.45) is 1.11. The van der Waals surface area contributed by atoms with Crippen molar-refractivity contribution in [3.05, 3.63) is 70.8 Å². The van der Waals surface area contributed by atoms with Crippen LogP contribution in [0, 0.1) is 6.92 Å². The average molecular weight is 238 g/mol. The van der Waals surface area contributed by atoms with Crippen molar-refractivity contribution in [3.8, 4) is 0 Å². The molecule has 0 saturated carbocycles. The molecule has 2 aromatic rings. The van der Waals surface area contributed by atoms with Crippen molar-refractivity contribution >= 4 is 0 Å². The molecule has 1 aliphatic carbocycles. The summed E-state index contributed by atoms with van der Waals surface area (Å²) in [6, 6.07) is 17.3. The molecule has 0 bridgehead atoms. The van der Waals surface area contributed by atoms with Crippen LogP contribution >= 0.6 is 0 Å². The van der Waals surface area contributed by atoms with Gasteiger partial charge >= 0.3 is 0 Å². The lowest BCUT2D eigenvalue weighted by atomic mass is 9.71. The van der Waals surface area contributed by atoms with Crippen LogP contribution in [0.5, 0.6) is 0 Å². The van der Waals surface area contributed by atoms with E-state index in [2.05, 4.69) is 60.9 Å². The average Bonchev–Trinajstić information content (AvgIpc) is 2.37. The molecule has 1 aliphatic rings. The van der Waals surface area contributed by atoms with E-state index >= 15 is 0 Å². The van der Waals surface area contributed by atoms with Gasteiger partial charge in [-0.2, -0.15) is 0 Å². The second kappa shape index (κ2) is 4.56. The van der Waals surface area contributed by atoms with Crippen molar-refractivity contribution in [2.24, 2.45) is 5.84 Å². The molecule has 0 spiro atoms. The van der Waals surface area contributed by atoms with E-state index in [1.807, 2.05) is 0 Å². The lowest BCUT2D eigenvalue weighted by Crippen LogP contribution is -2.37. The van der Waals surface area contributed by atoms with Gasteiger partial charge < -0.3 is 0 Å². The monoisotopic (exact) mass is 238 g/mol. The fraction of sp³-hybridized carbons (Fsp3) is 0.250. The molecule has 0 saturated heterocycles. The smallest absolute Gasteiger partial charge is 0.0534 e. The molecule has 3 rings (SSSR count). The molecule has 2 heteroatoms. The van der Waals surface area contributed by atoms with Crippen LogP contribution < -0.4 is 11.3 Å². The summed E-state index contributed by atoms with van der Waals surface area (Å²) in [4.78, 5) is 0. The summed E-state index contributed by atoms with van der Waals surface area (Å²) in [5, 5.41) is 0. The Morgan fingerprint density at radius 2 is 1.83 bits per heavy atom. The minimum absolute atomic E-state index is 0.209. The molecule has 2 unspecified atom stereocenters. The Balaban J connectivity index is 1.95. The molecule has 18 heavy (non-hydrogen) atoms. The third kappa shape index (κ3) is 1.74. The number of rotatable bonds is 3. The summed E-state index contributed by atoms with van der Waals surface area (Å²) in [6.45, 7) is 2.14. The predicted molar refractivity (Wildman–Crippen MR) is 74.1 cm³/mol. The normalized spacial score (nSPS) is 18.9. The topological polar surface area (TPSA) is 38.0 Å². The van der Waals surface area contributed by atoms with Crippen LogP contribution in [0.25, 0.3) is 0 Å². The number of benzene rings is 2. The largest absolute Gasteiger partial charge is 0.271 e. The number of hydrogen-bond donors (Lipinski definition) is 2. The van der Waals surface area contributed by atoms with Gasteiger partial charge in [0.2, 0.25) is 0 Å². The third-order valence-electron chi connectivity index (χ3n) is 4.00. The van der Waals surface area contributed by atoms with Gasteiger partial charge in [0.25, 0.3) is 0 Å². The zero-order chi connectivity index (χ0) is 12.5. The maximum atomic E-state index is 5.79. The Morgan fingerprint density at radius 1 is 1.11 bits per heavy atom. The van der Waals surface area contributed by atoms with Crippen LogP contribution in [0.1, 0.15) is 34.2 Å². The van der Waals surface area contributed by atoms with Gasteiger partial charge in [0.15, 0.2) is 0 Å². The molecule has 3 N–H and O–H groups in total. The molecule has 2 nitrogen and oxygen atoms in total. The van der Waals surface area contributed by atoms with Gasteiger partial charge in [-0.15, -0.1) is 0 Å². The summed E-state index contributed by atoms with van der Waals surface area (Å²) < 4.78 is 0. The van der Waals surface area contributed by atoms with Crippen molar-refractivity contribution in [1.29, 1.82) is 0 Å². The fourth-order valence-corrected chi connectivity index (χ4v) is 2.95. The number of aryl methyl sites for hydroxylation is 1. The zero-order valence-electron chi connectivity index (χ0n) is 10.6. The highest BCUT2D eigenvalue weighted by atomic mass is 15.2. The first-order valence-corrected chi connectivity index (χ1v) is 6.40. The quantitative estimate of drug-likeness (QED) is 0.637. The van der Waals surface area contributed by atoms with E-state index in [4.69, 9.17) is 5.84 Å². The van der Waals surface area contributed by atoms with E-state index in [0.29, 0.717) is 5.92 Å². The van der Waals surface area contributed by atoms with Crippen LogP contribution in [-0.2, 0) is 6.42 Å². The van der Waals surface area contributed by atoms with Crippen molar-refractivity contribution < 1.29 is 0 Å². The minimum Gasteiger partial charge on any atom is -0.271 e. The second-order valence-corrected chi connectivity index (χ2v) is 5.01. The lowest BCUT2D eigenvalue weighted by molar-refractivity contribution is 0.418. The third-order valence-corrected chi connectivity index (χ3v) is 4.00. The lowest BCUT2D eigenvalue weighted by Gasteiger charge is -2.37. The predicted octanol–water partition coefficient (Wildman–Crippen LogP) is 2.84. The van der Waals surface area contributed by atoms with Crippen molar-refractivity contribution in [2.75, 3.05) is 0 Å². The SMILES string of the molecule is Cc1ccccc1C(NN)C1Cc2ccccc21. The summed E-state index contributed by atoms with van der Waals surface area (Å²) in [5.74, 6) is 6.28. The van der Waals surface area contributed by atoms with E-state index < -0.39 is 0 Å². The van der Waals surface area contributed by atoms with Gasteiger partial charge in [-0.1, -0.05) is 48.5 Å². The van der Waals surface area contributed by atoms with E-state index in [9.17, 15) is 0 Å². The molecular weight excluding hydrogens is 220 g/mol. The molecule has 2 atom stereocenters. The Bertz CT molecular complexity index is 563. The number of nitrogens with two attached hydrogens (primary N) is 1. The number of nitrogens with one attached hydrogen (secondary N) is 1. The van der Waals surface area contributed by atoms with Crippen molar-refractivity contribution in [2.45, 2.75) is 25.3 Å². The maximum absolute atomic E-state index is 5.79. The number of hydrogen-bond acceptors (Lipinski definition) is 2. The van der Waals surface area contributed by atoms with Gasteiger partial charge in [-0.05, 0) is 35.6 Å². The molecule has 2 aromatic carbocycles. The highest BCUT2D eigenvalue weighted by Crippen LogP contribution is 2.43. The molecule has 0 aromatic heterocycles. The van der Waals surface area contributed by atoms with Crippen LogP contribution in [0.2, 0.25) is 0 Å². The molecule has 0 heterocycles. The number of fused-ring (bicyclic) bond motifs is 1. The zero-order valence-corrected chi connectivity index (χ0v) is 10.6. The van der Waals surface area contributed by atoms with Gasteiger partial charge in [-0.3, -0.25) is 11.3 Å². The fourth-order valence-electron chi connectivity index (χ4n) is 2.95. The highest BCUT2D eigenvalue weighted by Gasteiger charge is 2.33. The van der Waals surface area contributed by atoms with Gasteiger partial charge in [-0.25, -0.2) is 0 Å². The summed E-state index contributed by atoms with van der Waals surface area (Å²) >= 11 is 0. The second-order valence-electron chi connectivity index (χ2n) is 5.01. The standard InChI is InChI=1S/C16H18N2/c1-11-6-2-4-8-13(11)16(18-17)15-10-12-7-3-5-9-14(12)15/h2-9,15-16,18H,10,17H2,1H3. The van der Waals surface area contributed by atoms with Crippen LogP contribution in [0.3, 0.4) is 0 Å². The Kier molecular flexibility index (Phi) is 2.90. The van der Waals surface area contributed by atoms with Gasteiger partial charge in [0, 0.05) is 5.92 Å². The van der Waals surface area contributed by atoms with E-state index in [1.165, 1.54) is 22.3 Å². The first-order valence-electron chi connectivity index (χ1n) is 6.40. The van der Waals surface area contributed by atoms with Crippen LogP contribution in [-0.4, -0.2) is 0 Å². The summed E-state index contributed by atoms with van der Waals surface area (Å²) in [7, 11) is 0. The number of hydrazine groups is 1. The Hall–Kier alpha value is -1.64. The molecule has 0 fully saturated rings. The van der Waals surface area contributed by atoms with Gasteiger partial charge in [0.05, 0.1) is 6.04 Å². The maximum Gasteiger partial charge on any atom is 0.0534 e. The molecular formula is C16H18N2. The summed E-state index contributed by atoms with van der Waals surface area (Å²) in [5.41, 5.74) is 8.49. The molecule has 0 aliphatic heterocycles. The Labute approximate surface area is 108 Å². The van der Waals surface area contributed by atoms with E-state index in [0.717, 1.165) is 6.42 Å². The van der Waals surface area contributed by atoms with E-state index in [-0.39, 0.29) is 6.04 Å². The van der Waals surface area contributed by atoms with Crippen LogP contribution in [0.4, 0.5) is 0 Å². The first kappa shape index (κ1) is 11.5. The first-order chi connectivity index (χ1) is 8.81. The molecule has 0 radical (unpaired) electrons. The van der Waals surface area contributed by atoms with E-state index in [1.54, 1.807) is 0 Å². The van der Waals surface area contributed by atoms with Crippen molar-refractivity contribution in [3.63, 3.8) is 0 Å². The van der Waals surface area contributed by atoms with Gasteiger partial charge in [0.1, 0.15) is 0 Å². The van der Waals surface area contributed by atoms with Crippen molar-refractivity contribution in [1.82, 2.24) is 5.43 Å². The minimum atomic E-state index is 0.209. The van der Waals surface area contributed by atoms with Crippen LogP contribution in [0.15, 0.2) is 48.5 Å².